The Hall–Kier alpha value is -2.18. The summed E-state index contributed by atoms with van der Waals surface area (Å²) in [5.74, 6) is 0.444. The van der Waals surface area contributed by atoms with Gasteiger partial charge >= 0.3 is 6.03 Å². The largest absolute Gasteiger partial charge is 0.388 e. The molecule has 0 radical (unpaired) electrons. The van der Waals surface area contributed by atoms with Crippen molar-refractivity contribution >= 4 is 6.03 Å². The van der Waals surface area contributed by atoms with E-state index in [1.165, 1.54) is 5.56 Å². The van der Waals surface area contributed by atoms with E-state index in [0.29, 0.717) is 12.4 Å². The number of amides is 1. The Morgan fingerprint density at radius 1 is 1.17 bits per heavy atom. The highest BCUT2D eigenvalue weighted by molar-refractivity contribution is 5.81. The van der Waals surface area contributed by atoms with Crippen LogP contribution in [0.5, 0.6) is 0 Å². The number of imidazole rings is 1. The SMILES string of the molecule is O=C1N(C2CCN(Cc3ccccc3)CC2)Cc2cnc(CO)n21. The number of fused-ring (bicyclic) bond motifs is 1. The number of aromatic nitrogens is 2. The summed E-state index contributed by atoms with van der Waals surface area (Å²) in [6.45, 7) is 3.39. The Bertz CT molecular complexity index is 720. The van der Waals surface area contributed by atoms with E-state index in [1.807, 2.05) is 11.0 Å². The van der Waals surface area contributed by atoms with Crippen LogP contribution >= 0.6 is 0 Å². The zero-order valence-electron chi connectivity index (χ0n) is 13.6. The molecule has 0 bridgehead atoms. The van der Waals surface area contributed by atoms with Crippen LogP contribution in [-0.2, 0) is 19.7 Å². The number of aliphatic hydroxyl groups excluding tert-OH is 1. The van der Waals surface area contributed by atoms with Crippen LogP contribution in [0.25, 0.3) is 0 Å². The Kier molecular flexibility index (Phi) is 4.08. The average Bonchev–Trinajstić information content (AvgIpc) is 3.17. The maximum absolute atomic E-state index is 12.6. The van der Waals surface area contributed by atoms with E-state index < -0.39 is 0 Å². The van der Waals surface area contributed by atoms with Gasteiger partial charge in [-0.15, -0.1) is 0 Å². The molecule has 1 saturated heterocycles. The molecular formula is C18H22N4O2. The van der Waals surface area contributed by atoms with Gasteiger partial charge in [-0.25, -0.2) is 14.3 Å². The summed E-state index contributed by atoms with van der Waals surface area (Å²) in [5.41, 5.74) is 2.22. The standard InChI is InChI=1S/C18H22N4O2/c23-13-17-19-10-16-12-21(18(24)22(16)17)15-6-8-20(9-7-15)11-14-4-2-1-3-5-14/h1-5,10,15,23H,6-9,11-13H2. The molecule has 2 aliphatic rings. The average molecular weight is 326 g/mol. The van der Waals surface area contributed by atoms with E-state index in [9.17, 15) is 9.90 Å². The van der Waals surface area contributed by atoms with Crippen molar-refractivity contribution in [1.82, 2.24) is 19.4 Å². The maximum Gasteiger partial charge on any atom is 0.330 e. The van der Waals surface area contributed by atoms with Crippen molar-refractivity contribution < 1.29 is 9.90 Å². The molecule has 0 saturated carbocycles. The van der Waals surface area contributed by atoms with Gasteiger partial charge in [0.1, 0.15) is 12.4 Å². The highest BCUT2D eigenvalue weighted by Gasteiger charge is 2.36. The molecule has 0 unspecified atom stereocenters. The third kappa shape index (κ3) is 2.72. The molecular weight excluding hydrogens is 304 g/mol. The second-order valence-corrected chi connectivity index (χ2v) is 6.56. The van der Waals surface area contributed by atoms with Crippen molar-refractivity contribution in [2.45, 2.75) is 38.6 Å². The second-order valence-electron chi connectivity index (χ2n) is 6.56. The van der Waals surface area contributed by atoms with Gasteiger partial charge in [-0.2, -0.15) is 0 Å². The first-order chi connectivity index (χ1) is 11.8. The molecule has 0 atom stereocenters. The van der Waals surface area contributed by atoms with Gasteiger partial charge in [-0.05, 0) is 18.4 Å². The maximum atomic E-state index is 12.6. The van der Waals surface area contributed by atoms with Crippen molar-refractivity contribution in [2.24, 2.45) is 0 Å². The molecule has 6 heteroatoms. The molecule has 1 fully saturated rings. The van der Waals surface area contributed by atoms with Crippen molar-refractivity contribution in [2.75, 3.05) is 13.1 Å². The van der Waals surface area contributed by atoms with Gasteiger partial charge in [-0.3, -0.25) is 4.90 Å². The number of aliphatic hydroxyl groups is 1. The summed E-state index contributed by atoms with van der Waals surface area (Å²) in [6, 6.07) is 10.8. The fourth-order valence-corrected chi connectivity index (χ4v) is 3.77. The summed E-state index contributed by atoms with van der Waals surface area (Å²) in [5, 5.41) is 9.32. The van der Waals surface area contributed by atoms with E-state index >= 15 is 0 Å². The smallest absolute Gasteiger partial charge is 0.330 e. The van der Waals surface area contributed by atoms with Crippen LogP contribution in [0.1, 0.15) is 29.9 Å². The first-order valence-electron chi connectivity index (χ1n) is 8.50. The Morgan fingerprint density at radius 2 is 1.92 bits per heavy atom. The zero-order chi connectivity index (χ0) is 16.5. The van der Waals surface area contributed by atoms with Crippen LogP contribution in [0.4, 0.5) is 4.79 Å². The number of carbonyl (C=O) groups excluding carboxylic acids is 1. The van der Waals surface area contributed by atoms with Crippen molar-refractivity contribution in [3.63, 3.8) is 0 Å². The summed E-state index contributed by atoms with van der Waals surface area (Å²) in [6.07, 6.45) is 3.69. The van der Waals surface area contributed by atoms with E-state index in [1.54, 1.807) is 10.8 Å². The molecule has 3 heterocycles. The summed E-state index contributed by atoms with van der Waals surface area (Å²) >= 11 is 0. The fraction of sp³-hybridized carbons (Fsp3) is 0.444. The van der Waals surface area contributed by atoms with Gasteiger partial charge in [0, 0.05) is 25.7 Å². The van der Waals surface area contributed by atoms with Crippen LogP contribution in [-0.4, -0.2) is 49.6 Å². The van der Waals surface area contributed by atoms with Crippen molar-refractivity contribution in [3.05, 3.63) is 53.6 Å². The first-order valence-corrected chi connectivity index (χ1v) is 8.50. The highest BCUT2D eigenvalue weighted by Crippen LogP contribution is 2.26. The predicted octanol–water partition coefficient (Wildman–Crippen LogP) is 1.82. The zero-order valence-corrected chi connectivity index (χ0v) is 13.6. The summed E-state index contributed by atoms with van der Waals surface area (Å²) in [7, 11) is 0. The highest BCUT2D eigenvalue weighted by atomic mass is 16.3. The molecule has 4 rings (SSSR count). The van der Waals surface area contributed by atoms with Gasteiger partial charge < -0.3 is 10.0 Å². The number of likely N-dealkylation sites (tertiary alicyclic amines) is 1. The minimum atomic E-state index is -0.199. The van der Waals surface area contributed by atoms with E-state index in [0.717, 1.165) is 38.2 Å². The van der Waals surface area contributed by atoms with Crippen molar-refractivity contribution in [1.29, 1.82) is 0 Å². The molecule has 2 aliphatic heterocycles. The van der Waals surface area contributed by atoms with Crippen LogP contribution in [0.3, 0.4) is 0 Å². The number of carbonyl (C=O) groups is 1. The van der Waals surface area contributed by atoms with Crippen LogP contribution < -0.4 is 0 Å². The number of hydrogen-bond donors (Lipinski definition) is 1. The lowest BCUT2D eigenvalue weighted by atomic mass is 10.0. The summed E-state index contributed by atoms with van der Waals surface area (Å²) in [4.78, 5) is 21.1. The molecule has 2 aromatic rings. The van der Waals surface area contributed by atoms with E-state index in [4.69, 9.17) is 0 Å². The predicted molar refractivity (Wildman–Crippen MR) is 89.2 cm³/mol. The Morgan fingerprint density at radius 3 is 2.62 bits per heavy atom. The normalized spacial score (nSPS) is 19.0. The minimum Gasteiger partial charge on any atom is -0.388 e. The van der Waals surface area contributed by atoms with Gasteiger partial charge in [-0.1, -0.05) is 30.3 Å². The lowest BCUT2D eigenvalue weighted by Gasteiger charge is -2.36. The molecule has 1 aromatic heterocycles. The number of nitrogens with zero attached hydrogens (tertiary/aromatic N) is 4. The molecule has 126 valence electrons. The molecule has 0 aliphatic carbocycles. The molecule has 24 heavy (non-hydrogen) atoms. The van der Waals surface area contributed by atoms with Gasteiger partial charge in [0.15, 0.2) is 0 Å². The van der Waals surface area contributed by atoms with Gasteiger partial charge in [0.2, 0.25) is 0 Å². The number of piperidine rings is 1. The molecule has 1 N–H and O–H groups in total. The lowest BCUT2D eigenvalue weighted by Crippen LogP contribution is -2.45. The third-order valence-electron chi connectivity index (χ3n) is 5.07. The van der Waals surface area contributed by atoms with Gasteiger partial charge in [0.05, 0.1) is 18.4 Å². The topological polar surface area (TPSA) is 61.6 Å². The fourth-order valence-electron chi connectivity index (χ4n) is 3.77. The van der Waals surface area contributed by atoms with Crippen molar-refractivity contribution in [3.8, 4) is 0 Å². The minimum absolute atomic E-state index is 0.0342. The monoisotopic (exact) mass is 326 g/mol. The van der Waals surface area contributed by atoms with E-state index in [-0.39, 0.29) is 18.7 Å². The molecule has 0 spiro atoms. The van der Waals surface area contributed by atoms with Gasteiger partial charge in [0.25, 0.3) is 0 Å². The summed E-state index contributed by atoms with van der Waals surface area (Å²) < 4.78 is 1.57. The Labute approximate surface area is 141 Å². The quantitative estimate of drug-likeness (QED) is 0.931. The lowest BCUT2D eigenvalue weighted by molar-refractivity contribution is 0.122. The third-order valence-corrected chi connectivity index (χ3v) is 5.07. The second kappa shape index (κ2) is 6.37. The molecule has 6 nitrogen and oxygen atoms in total. The van der Waals surface area contributed by atoms with Crippen LogP contribution in [0.2, 0.25) is 0 Å². The molecule has 1 aromatic carbocycles. The van der Waals surface area contributed by atoms with Crippen LogP contribution in [0.15, 0.2) is 36.5 Å². The number of rotatable bonds is 4. The van der Waals surface area contributed by atoms with E-state index in [2.05, 4.69) is 34.1 Å². The Balaban J connectivity index is 1.37. The van der Waals surface area contributed by atoms with Crippen LogP contribution in [0, 0.1) is 0 Å². The first kappa shape index (κ1) is 15.4. The number of hydrogen-bond acceptors (Lipinski definition) is 4. The molecule has 1 amide bonds. The number of benzene rings is 1.